The van der Waals surface area contributed by atoms with Crippen molar-refractivity contribution in [2.24, 2.45) is 0 Å². The van der Waals surface area contributed by atoms with Crippen molar-refractivity contribution in [3.8, 4) is 0 Å². The number of benzene rings is 1. The number of anilines is 2. The Hall–Kier alpha value is -1.95. The summed E-state index contributed by atoms with van der Waals surface area (Å²) in [5.74, 6) is 0. The lowest BCUT2D eigenvalue weighted by atomic mass is 10.2. The van der Waals surface area contributed by atoms with E-state index >= 15 is 0 Å². The summed E-state index contributed by atoms with van der Waals surface area (Å²) in [5, 5.41) is 13.1. The van der Waals surface area contributed by atoms with Gasteiger partial charge in [-0.3, -0.25) is 5.32 Å². The smallest absolute Gasteiger partial charge is 0.308 e. The average Bonchev–Trinajstić information content (AvgIpc) is 2.74. The Balaban J connectivity index is 1.95. The first kappa shape index (κ1) is 10.6. The molecule has 0 aliphatic rings. The Morgan fingerprint density at radius 3 is 2.62 bits per heavy atom. The van der Waals surface area contributed by atoms with Gasteiger partial charge in [0, 0.05) is 5.69 Å². The second kappa shape index (κ2) is 4.71. The van der Waals surface area contributed by atoms with Crippen LogP contribution in [0.5, 0.6) is 0 Å². The maximum atomic E-state index is 11.5. The molecule has 0 aliphatic carbocycles. The molecule has 2 N–H and O–H groups in total. The Kier molecular flexibility index (Phi) is 3.11. The summed E-state index contributed by atoms with van der Waals surface area (Å²) in [5.41, 5.74) is 3.45. The van der Waals surface area contributed by atoms with E-state index in [1.165, 1.54) is 11.3 Å². The first-order chi connectivity index (χ1) is 7.74. The molecule has 0 unspecified atom stereocenters. The third-order valence-corrected chi connectivity index (χ3v) is 2.50. The van der Waals surface area contributed by atoms with Gasteiger partial charge in [0.05, 0.1) is 0 Å². The summed E-state index contributed by atoms with van der Waals surface area (Å²) in [6.07, 6.45) is 0. The van der Waals surface area contributed by atoms with Gasteiger partial charge < -0.3 is 5.32 Å². The van der Waals surface area contributed by atoms with E-state index in [1.54, 1.807) is 5.51 Å². The number of carbonyl (C=O) groups is 1. The predicted molar refractivity (Wildman–Crippen MR) is 63.7 cm³/mol. The number of rotatable bonds is 2. The zero-order chi connectivity index (χ0) is 11.4. The van der Waals surface area contributed by atoms with Gasteiger partial charge >= 0.3 is 6.03 Å². The van der Waals surface area contributed by atoms with Gasteiger partial charge in [-0.05, 0) is 19.1 Å². The van der Waals surface area contributed by atoms with Crippen molar-refractivity contribution < 1.29 is 4.79 Å². The molecule has 5 nitrogen and oxygen atoms in total. The van der Waals surface area contributed by atoms with Gasteiger partial charge in [0.1, 0.15) is 5.51 Å². The fraction of sp³-hybridized carbons (Fsp3) is 0.100. The maximum absolute atomic E-state index is 11.5. The van der Waals surface area contributed by atoms with Crippen molar-refractivity contribution >= 4 is 28.2 Å². The lowest BCUT2D eigenvalue weighted by Gasteiger charge is -2.04. The van der Waals surface area contributed by atoms with E-state index in [1.807, 2.05) is 31.2 Å². The van der Waals surface area contributed by atoms with Crippen LogP contribution in [-0.4, -0.2) is 16.2 Å². The van der Waals surface area contributed by atoms with Gasteiger partial charge in [0.2, 0.25) is 5.13 Å². The molecule has 2 rings (SSSR count). The molecule has 2 aromatic rings. The number of aromatic nitrogens is 2. The van der Waals surface area contributed by atoms with Crippen LogP contribution in [0.2, 0.25) is 0 Å². The molecule has 1 aromatic carbocycles. The summed E-state index contributed by atoms with van der Waals surface area (Å²) in [7, 11) is 0. The fourth-order valence-electron chi connectivity index (χ4n) is 1.12. The highest BCUT2D eigenvalue weighted by molar-refractivity contribution is 7.13. The summed E-state index contributed by atoms with van der Waals surface area (Å²) >= 11 is 1.27. The van der Waals surface area contributed by atoms with Crippen LogP contribution in [0.4, 0.5) is 15.6 Å². The summed E-state index contributed by atoms with van der Waals surface area (Å²) < 4.78 is 0. The van der Waals surface area contributed by atoms with E-state index in [0.29, 0.717) is 5.13 Å². The summed E-state index contributed by atoms with van der Waals surface area (Å²) in [6.45, 7) is 1.99. The molecule has 16 heavy (non-hydrogen) atoms. The van der Waals surface area contributed by atoms with Crippen molar-refractivity contribution in [3.63, 3.8) is 0 Å². The molecule has 0 radical (unpaired) electrons. The van der Waals surface area contributed by atoms with E-state index in [-0.39, 0.29) is 6.03 Å². The molecule has 0 spiro atoms. The zero-order valence-corrected chi connectivity index (χ0v) is 9.41. The van der Waals surface area contributed by atoms with Crippen LogP contribution in [0.25, 0.3) is 0 Å². The molecule has 0 saturated carbocycles. The second-order valence-electron chi connectivity index (χ2n) is 3.19. The minimum Gasteiger partial charge on any atom is -0.308 e. The number of aryl methyl sites for hydroxylation is 1. The molecule has 0 atom stereocenters. The molecular weight excluding hydrogens is 224 g/mol. The average molecular weight is 234 g/mol. The van der Waals surface area contributed by atoms with E-state index in [0.717, 1.165) is 11.3 Å². The number of urea groups is 1. The standard InChI is InChI=1S/C10H10N4OS/c1-7-2-4-8(5-3-7)12-9(15)13-10-14-11-6-16-10/h2-6H,1H3,(H2,12,13,14,15). The van der Waals surface area contributed by atoms with Crippen LogP contribution in [-0.2, 0) is 0 Å². The Morgan fingerprint density at radius 2 is 2.00 bits per heavy atom. The van der Waals surface area contributed by atoms with E-state index < -0.39 is 0 Å². The van der Waals surface area contributed by atoms with Crippen LogP contribution < -0.4 is 10.6 Å². The van der Waals surface area contributed by atoms with E-state index in [2.05, 4.69) is 20.8 Å². The molecule has 2 amide bonds. The third-order valence-electron chi connectivity index (χ3n) is 1.89. The number of nitrogens with zero attached hydrogens (tertiary/aromatic N) is 2. The molecule has 0 saturated heterocycles. The van der Waals surface area contributed by atoms with Crippen LogP contribution in [0.15, 0.2) is 29.8 Å². The lowest BCUT2D eigenvalue weighted by molar-refractivity contribution is 0.262. The quantitative estimate of drug-likeness (QED) is 0.838. The maximum Gasteiger partial charge on any atom is 0.325 e. The predicted octanol–water partition coefficient (Wildman–Crippen LogP) is 2.49. The van der Waals surface area contributed by atoms with Gasteiger partial charge in [-0.15, -0.1) is 10.2 Å². The Bertz CT molecular complexity index is 466. The highest BCUT2D eigenvalue weighted by atomic mass is 32.1. The van der Waals surface area contributed by atoms with E-state index in [4.69, 9.17) is 0 Å². The van der Waals surface area contributed by atoms with Gasteiger partial charge in [-0.25, -0.2) is 4.79 Å². The Morgan fingerprint density at radius 1 is 1.25 bits per heavy atom. The normalized spacial score (nSPS) is 9.81. The minimum atomic E-state index is -0.319. The van der Waals surface area contributed by atoms with Crippen LogP contribution in [0.3, 0.4) is 0 Å². The monoisotopic (exact) mass is 234 g/mol. The van der Waals surface area contributed by atoms with Gasteiger partial charge in [0.15, 0.2) is 0 Å². The second-order valence-corrected chi connectivity index (χ2v) is 4.02. The molecule has 1 heterocycles. The molecule has 6 heteroatoms. The highest BCUT2D eigenvalue weighted by Gasteiger charge is 2.03. The minimum absolute atomic E-state index is 0.319. The first-order valence-corrected chi connectivity index (χ1v) is 5.53. The topological polar surface area (TPSA) is 66.9 Å². The SMILES string of the molecule is Cc1ccc(NC(=O)Nc2nncs2)cc1. The number of hydrogen-bond acceptors (Lipinski definition) is 4. The fourth-order valence-corrected chi connectivity index (χ4v) is 1.56. The van der Waals surface area contributed by atoms with E-state index in [9.17, 15) is 4.79 Å². The lowest BCUT2D eigenvalue weighted by Crippen LogP contribution is -2.19. The van der Waals surface area contributed by atoms with Crippen molar-refractivity contribution in [2.75, 3.05) is 10.6 Å². The first-order valence-electron chi connectivity index (χ1n) is 4.65. The summed E-state index contributed by atoms with van der Waals surface area (Å²) in [6, 6.07) is 7.23. The molecular formula is C10H10N4OS. The van der Waals surface area contributed by atoms with Crippen LogP contribution in [0, 0.1) is 6.92 Å². The number of amides is 2. The molecule has 0 aliphatic heterocycles. The largest absolute Gasteiger partial charge is 0.325 e. The summed E-state index contributed by atoms with van der Waals surface area (Å²) in [4.78, 5) is 11.5. The number of nitrogens with one attached hydrogen (secondary N) is 2. The van der Waals surface area contributed by atoms with Gasteiger partial charge in [0.25, 0.3) is 0 Å². The van der Waals surface area contributed by atoms with Crippen molar-refractivity contribution in [1.82, 2.24) is 10.2 Å². The van der Waals surface area contributed by atoms with Gasteiger partial charge in [-0.2, -0.15) is 0 Å². The van der Waals surface area contributed by atoms with Crippen molar-refractivity contribution in [3.05, 3.63) is 35.3 Å². The number of hydrogen-bond donors (Lipinski definition) is 2. The molecule has 1 aromatic heterocycles. The van der Waals surface area contributed by atoms with Crippen molar-refractivity contribution in [1.29, 1.82) is 0 Å². The third kappa shape index (κ3) is 2.77. The zero-order valence-electron chi connectivity index (χ0n) is 8.60. The number of carbonyl (C=O) groups excluding carboxylic acids is 1. The highest BCUT2D eigenvalue weighted by Crippen LogP contribution is 2.11. The Labute approximate surface area is 96.5 Å². The van der Waals surface area contributed by atoms with Crippen LogP contribution >= 0.6 is 11.3 Å². The van der Waals surface area contributed by atoms with Crippen LogP contribution in [0.1, 0.15) is 5.56 Å². The molecule has 82 valence electrons. The van der Waals surface area contributed by atoms with Gasteiger partial charge in [-0.1, -0.05) is 29.0 Å². The molecule has 0 fully saturated rings. The van der Waals surface area contributed by atoms with Crippen molar-refractivity contribution in [2.45, 2.75) is 6.92 Å². The molecule has 0 bridgehead atoms.